The summed E-state index contributed by atoms with van der Waals surface area (Å²) in [6.45, 7) is 4.71. The summed E-state index contributed by atoms with van der Waals surface area (Å²) in [5.41, 5.74) is 8.68. The van der Waals surface area contributed by atoms with Gasteiger partial charge in [0, 0.05) is 5.02 Å². The molecule has 0 radical (unpaired) electrons. The van der Waals surface area contributed by atoms with Gasteiger partial charge >= 0.3 is 0 Å². The molecule has 0 fully saturated rings. The Bertz CT molecular complexity index is 948. The van der Waals surface area contributed by atoms with Gasteiger partial charge in [0.1, 0.15) is 29.7 Å². The number of rotatable bonds is 6. The van der Waals surface area contributed by atoms with E-state index < -0.39 is 0 Å². The van der Waals surface area contributed by atoms with Crippen LogP contribution < -0.4 is 15.2 Å². The van der Waals surface area contributed by atoms with Crippen LogP contribution in [0.5, 0.6) is 11.5 Å². The summed E-state index contributed by atoms with van der Waals surface area (Å²) in [4.78, 5) is 0.321. The minimum absolute atomic E-state index is 0.321. The number of nitrogens with two attached hydrogens (primary N) is 1. The SMILES string of the molecule is Cc1cc(OCCOc2ccc3ccccc3c2C(N)=S)cc(C)c1Cl. The van der Waals surface area contributed by atoms with Gasteiger partial charge in [0.15, 0.2) is 0 Å². The molecule has 0 amide bonds. The molecular formula is C21H20ClNO2S. The number of halogens is 1. The van der Waals surface area contributed by atoms with Gasteiger partial charge in [0.2, 0.25) is 0 Å². The van der Waals surface area contributed by atoms with Gasteiger partial charge in [-0.15, -0.1) is 0 Å². The smallest absolute Gasteiger partial charge is 0.130 e. The summed E-state index contributed by atoms with van der Waals surface area (Å²) in [5.74, 6) is 1.45. The Morgan fingerprint density at radius 1 is 1.00 bits per heavy atom. The lowest BCUT2D eigenvalue weighted by atomic mass is 10.0. The minimum atomic E-state index is 0.321. The summed E-state index contributed by atoms with van der Waals surface area (Å²) in [6.07, 6.45) is 0. The zero-order chi connectivity index (χ0) is 18.7. The zero-order valence-electron chi connectivity index (χ0n) is 14.7. The summed E-state index contributed by atoms with van der Waals surface area (Å²) >= 11 is 11.4. The van der Waals surface area contributed by atoms with Gasteiger partial charge < -0.3 is 15.2 Å². The van der Waals surface area contributed by atoms with Crippen molar-refractivity contribution in [2.24, 2.45) is 5.73 Å². The molecule has 0 aliphatic rings. The fraction of sp³-hybridized carbons (Fsp3) is 0.190. The molecule has 3 nitrogen and oxygen atoms in total. The van der Waals surface area contributed by atoms with Crippen LogP contribution in [0, 0.1) is 13.8 Å². The molecule has 0 aliphatic carbocycles. The largest absolute Gasteiger partial charge is 0.490 e. The Morgan fingerprint density at radius 3 is 2.35 bits per heavy atom. The first-order chi connectivity index (χ1) is 12.5. The third kappa shape index (κ3) is 3.92. The monoisotopic (exact) mass is 385 g/mol. The Hall–Kier alpha value is -2.30. The molecule has 0 bridgehead atoms. The van der Waals surface area contributed by atoms with Gasteiger partial charge in [-0.25, -0.2) is 0 Å². The predicted molar refractivity (Wildman–Crippen MR) is 112 cm³/mol. The summed E-state index contributed by atoms with van der Waals surface area (Å²) in [7, 11) is 0. The molecule has 3 rings (SSSR count). The fourth-order valence-electron chi connectivity index (χ4n) is 2.93. The maximum absolute atomic E-state index is 6.18. The van der Waals surface area contributed by atoms with Gasteiger partial charge in [0.05, 0.1) is 5.56 Å². The van der Waals surface area contributed by atoms with Crippen molar-refractivity contribution < 1.29 is 9.47 Å². The molecule has 0 atom stereocenters. The van der Waals surface area contributed by atoms with E-state index in [1.807, 2.05) is 62.4 Å². The number of aryl methyl sites for hydroxylation is 2. The molecule has 0 unspecified atom stereocenters. The van der Waals surface area contributed by atoms with E-state index in [0.717, 1.165) is 38.2 Å². The zero-order valence-corrected chi connectivity index (χ0v) is 16.3. The van der Waals surface area contributed by atoms with E-state index in [2.05, 4.69) is 0 Å². The number of ether oxygens (including phenoxy) is 2. The molecule has 3 aromatic carbocycles. The standard InChI is InChI=1S/C21H20ClNO2S/c1-13-11-16(12-14(2)20(13)22)24-9-10-25-18-8-7-15-5-3-4-6-17(15)19(18)21(23)26/h3-8,11-12H,9-10H2,1-2H3,(H2,23,26). The topological polar surface area (TPSA) is 44.5 Å². The highest BCUT2D eigenvalue weighted by molar-refractivity contribution is 7.80. The van der Waals surface area contributed by atoms with Crippen LogP contribution in [0.4, 0.5) is 0 Å². The summed E-state index contributed by atoms with van der Waals surface area (Å²) in [6, 6.07) is 15.7. The van der Waals surface area contributed by atoms with E-state index in [1.165, 1.54) is 0 Å². The van der Waals surface area contributed by atoms with E-state index >= 15 is 0 Å². The lowest BCUT2D eigenvalue weighted by Gasteiger charge is -2.14. The van der Waals surface area contributed by atoms with Gasteiger partial charge in [-0.1, -0.05) is 54.2 Å². The van der Waals surface area contributed by atoms with Crippen molar-refractivity contribution in [3.8, 4) is 11.5 Å². The van der Waals surface area contributed by atoms with Gasteiger partial charge in [-0.05, 0) is 53.9 Å². The molecule has 3 aromatic rings. The molecule has 0 spiro atoms. The first-order valence-corrected chi connectivity index (χ1v) is 9.10. The third-order valence-corrected chi connectivity index (χ3v) is 4.96. The molecule has 134 valence electrons. The van der Waals surface area contributed by atoms with Gasteiger partial charge in [0.25, 0.3) is 0 Å². The Labute approximate surface area is 163 Å². The lowest BCUT2D eigenvalue weighted by molar-refractivity contribution is 0.217. The molecule has 0 aliphatic heterocycles. The second kappa shape index (κ2) is 7.94. The van der Waals surface area contributed by atoms with Crippen LogP contribution in [0.3, 0.4) is 0 Å². The number of fused-ring (bicyclic) bond motifs is 1. The van der Waals surface area contributed by atoms with E-state index in [9.17, 15) is 0 Å². The molecule has 0 heterocycles. The molecule has 0 saturated heterocycles. The van der Waals surface area contributed by atoms with Crippen LogP contribution in [-0.4, -0.2) is 18.2 Å². The van der Waals surface area contributed by atoms with Crippen LogP contribution in [0.1, 0.15) is 16.7 Å². The van der Waals surface area contributed by atoms with Crippen molar-refractivity contribution >= 4 is 39.6 Å². The number of benzene rings is 3. The van der Waals surface area contributed by atoms with Crippen molar-refractivity contribution in [3.05, 3.63) is 70.2 Å². The van der Waals surface area contributed by atoms with Crippen LogP contribution in [0.15, 0.2) is 48.5 Å². The molecule has 26 heavy (non-hydrogen) atoms. The third-order valence-electron chi connectivity index (χ3n) is 4.16. The first kappa shape index (κ1) is 18.5. The maximum atomic E-state index is 6.18. The Kier molecular flexibility index (Phi) is 5.64. The van der Waals surface area contributed by atoms with Crippen molar-refractivity contribution in [3.63, 3.8) is 0 Å². The molecular weight excluding hydrogens is 366 g/mol. The average molecular weight is 386 g/mol. The number of hydrogen-bond acceptors (Lipinski definition) is 3. The van der Waals surface area contributed by atoms with Crippen LogP contribution in [-0.2, 0) is 0 Å². The highest BCUT2D eigenvalue weighted by Crippen LogP contribution is 2.28. The van der Waals surface area contributed by atoms with Gasteiger partial charge in [-0.3, -0.25) is 0 Å². The van der Waals surface area contributed by atoms with Crippen molar-refractivity contribution in [1.29, 1.82) is 0 Å². The quantitative estimate of drug-likeness (QED) is 0.467. The number of hydrogen-bond donors (Lipinski definition) is 1. The highest BCUT2D eigenvalue weighted by atomic mass is 35.5. The van der Waals surface area contributed by atoms with Gasteiger partial charge in [-0.2, -0.15) is 0 Å². The predicted octanol–water partition coefficient (Wildman–Crippen LogP) is 5.20. The van der Waals surface area contributed by atoms with E-state index in [4.69, 9.17) is 39.0 Å². The molecule has 0 aromatic heterocycles. The fourth-order valence-corrected chi connectivity index (χ4v) is 3.25. The maximum Gasteiger partial charge on any atom is 0.130 e. The second-order valence-electron chi connectivity index (χ2n) is 6.09. The normalized spacial score (nSPS) is 10.7. The minimum Gasteiger partial charge on any atom is -0.490 e. The number of thiocarbonyl (C=S) groups is 1. The average Bonchev–Trinajstić information content (AvgIpc) is 2.62. The molecule has 0 saturated carbocycles. The van der Waals surface area contributed by atoms with E-state index in [-0.39, 0.29) is 0 Å². The van der Waals surface area contributed by atoms with Crippen LogP contribution >= 0.6 is 23.8 Å². The lowest BCUT2D eigenvalue weighted by Crippen LogP contribution is -2.15. The van der Waals surface area contributed by atoms with Crippen molar-refractivity contribution in [2.45, 2.75) is 13.8 Å². The molecule has 5 heteroatoms. The van der Waals surface area contributed by atoms with Crippen LogP contribution in [0.25, 0.3) is 10.8 Å². The van der Waals surface area contributed by atoms with Crippen molar-refractivity contribution in [2.75, 3.05) is 13.2 Å². The van der Waals surface area contributed by atoms with Crippen LogP contribution in [0.2, 0.25) is 5.02 Å². The van der Waals surface area contributed by atoms with E-state index in [0.29, 0.717) is 24.0 Å². The Balaban J connectivity index is 1.70. The van der Waals surface area contributed by atoms with E-state index in [1.54, 1.807) is 0 Å². The summed E-state index contributed by atoms with van der Waals surface area (Å²) in [5, 5.41) is 2.83. The molecule has 2 N–H and O–H groups in total. The van der Waals surface area contributed by atoms with Crippen molar-refractivity contribution in [1.82, 2.24) is 0 Å². The Morgan fingerprint density at radius 2 is 1.65 bits per heavy atom. The highest BCUT2D eigenvalue weighted by Gasteiger charge is 2.11. The first-order valence-electron chi connectivity index (χ1n) is 8.31. The summed E-state index contributed by atoms with van der Waals surface area (Å²) < 4.78 is 11.7. The second-order valence-corrected chi connectivity index (χ2v) is 6.91.